The quantitative estimate of drug-likeness (QED) is 0.184. The number of rotatable bonds is 5. The highest BCUT2D eigenvalue weighted by atomic mass is 35.5. The van der Waals surface area contributed by atoms with E-state index in [1.165, 1.54) is 12.1 Å². The van der Waals surface area contributed by atoms with E-state index in [1.807, 2.05) is 0 Å². The molecule has 4 rings (SSSR count). The lowest BCUT2D eigenvalue weighted by atomic mass is 10.0. The second-order valence-corrected chi connectivity index (χ2v) is 7.83. The number of ether oxygens (including phenoxy) is 1. The average Bonchev–Trinajstić information content (AvgIpc) is 2.76. The summed E-state index contributed by atoms with van der Waals surface area (Å²) >= 11 is 5.85. The van der Waals surface area contributed by atoms with E-state index in [9.17, 15) is 39.5 Å². The summed E-state index contributed by atoms with van der Waals surface area (Å²) < 4.78 is 131. The van der Waals surface area contributed by atoms with Crippen LogP contribution in [0.2, 0.25) is 5.02 Å². The first-order valence-electron chi connectivity index (χ1n) is 9.84. The minimum Gasteiger partial charge on any atom is -0.429 e. The molecule has 4 aromatic carbocycles. The van der Waals surface area contributed by atoms with Gasteiger partial charge in [0.2, 0.25) is 0 Å². The molecule has 0 aromatic heterocycles. The third-order valence-corrected chi connectivity index (χ3v) is 5.38. The van der Waals surface area contributed by atoms with Crippen molar-refractivity contribution in [1.82, 2.24) is 0 Å². The molecule has 0 radical (unpaired) electrons. The summed E-state index contributed by atoms with van der Waals surface area (Å²) in [6, 6.07) is 7.17. The fraction of sp³-hybridized carbons (Fsp3) is 0.0400. The molecular formula is C25H10ClF9O. The van der Waals surface area contributed by atoms with E-state index in [0.717, 1.165) is 18.2 Å². The summed E-state index contributed by atoms with van der Waals surface area (Å²) in [7, 11) is 0. The SMILES string of the molecule is Fc1cc(OC(F)(F)c2c(F)cc(-c3c(F)cccc3Cl)cc2F)ccc1-c1cc(F)c(F)c(F)c1. The summed E-state index contributed by atoms with van der Waals surface area (Å²) in [5, 5.41) is -0.221. The van der Waals surface area contributed by atoms with Gasteiger partial charge in [-0.2, -0.15) is 8.78 Å². The lowest BCUT2D eigenvalue weighted by molar-refractivity contribution is -0.189. The fourth-order valence-corrected chi connectivity index (χ4v) is 3.74. The summed E-state index contributed by atoms with van der Waals surface area (Å²) in [5.74, 6) is -11.8. The Kier molecular flexibility index (Phi) is 6.66. The molecule has 0 aliphatic rings. The number of halogens is 10. The third kappa shape index (κ3) is 4.73. The molecule has 0 fully saturated rings. The highest BCUT2D eigenvalue weighted by Crippen LogP contribution is 2.39. The molecule has 0 spiro atoms. The first kappa shape index (κ1) is 25.4. The molecule has 0 unspecified atom stereocenters. The van der Waals surface area contributed by atoms with Gasteiger partial charge in [-0.1, -0.05) is 17.7 Å². The maximum Gasteiger partial charge on any atom is 0.432 e. The highest BCUT2D eigenvalue weighted by Gasteiger charge is 2.41. The maximum absolute atomic E-state index is 14.7. The van der Waals surface area contributed by atoms with Gasteiger partial charge in [-0.15, -0.1) is 0 Å². The third-order valence-electron chi connectivity index (χ3n) is 5.07. The number of hydrogen-bond donors (Lipinski definition) is 0. The van der Waals surface area contributed by atoms with Crippen molar-refractivity contribution in [2.45, 2.75) is 6.11 Å². The topological polar surface area (TPSA) is 9.23 Å². The average molecular weight is 533 g/mol. The molecule has 36 heavy (non-hydrogen) atoms. The second kappa shape index (κ2) is 9.42. The van der Waals surface area contributed by atoms with Crippen LogP contribution in [0.25, 0.3) is 22.3 Å². The van der Waals surface area contributed by atoms with Crippen LogP contribution in [0.5, 0.6) is 5.75 Å². The first-order valence-corrected chi connectivity index (χ1v) is 10.2. The van der Waals surface area contributed by atoms with Gasteiger partial charge < -0.3 is 4.74 Å². The van der Waals surface area contributed by atoms with Crippen LogP contribution in [0.3, 0.4) is 0 Å². The standard InChI is InChI=1S/C25H10ClF9O/c26-15-2-1-3-16(27)22(15)12-8-18(29)23(19(30)9-12)25(34,35)36-13-4-5-14(17(28)10-13)11-6-20(31)24(33)21(32)7-11/h1-10H. The Morgan fingerprint density at radius 1 is 0.611 bits per heavy atom. The predicted molar refractivity (Wildman–Crippen MR) is 113 cm³/mol. The lowest BCUT2D eigenvalue weighted by Gasteiger charge is -2.20. The highest BCUT2D eigenvalue weighted by molar-refractivity contribution is 6.33. The van der Waals surface area contributed by atoms with Crippen molar-refractivity contribution in [3.05, 3.63) is 112 Å². The molecule has 4 aromatic rings. The van der Waals surface area contributed by atoms with E-state index in [-0.39, 0.29) is 5.02 Å². The molecule has 0 bridgehead atoms. The molecule has 0 saturated heterocycles. The predicted octanol–water partition coefficient (Wildman–Crippen LogP) is 8.78. The van der Waals surface area contributed by atoms with Crippen LogP contribution in [0, 0.1) is 40.7 Å². The monoisotopic (exact) mass is 532 g/mol. The maximum atomic E-state index is 14.7. The van der Waals surface area contributed by atoms with E-state index in [4.69, 9.17) is 11.6 Å². The Labute approximate surface area is 202 Å². The fourth-order valence-electron chi connectivity index (χ4n) is 3.47. The van der Waals surface area contributed by atoms with E-state index in [1.54, 1.807) is 0 Å². The molecule has 0 aliphatic heterocycles. The van der Waals surface area contributed by atoms with Gasteiger partial charge in [0, 0.05) is 17.2 Å². The smallest absolute Gasteiger partial charge is 0.429 e. The van der Waals surface area contributed by atoms with E-state index < -0.39 is 80.4 Å². The Morgan fingerprint density at radius 2 is 1.19 bits per heavy atom. The van der Waals surface area contributed by atoms with E-state index in [2.05, 4.69) is 4.74 Å². The number of hydrogen-bond acceptors (Lipinski definition) is 1. The van der Waals surface area contributed by atoms with Crippen molar-refractivity contribution >= 4 is 11.6 Å². The van der Waals surface area contributed by atoms with Gasteiger partial charge >= 0.3 is 6.11 Å². The van der Waals surface area contributed by atoms with Crippen molar-refractivity contribution in [2.75, 3.05) is 0 Å². The molecular weight excluding hydrogens is 523 g/mol. The summed E-state index contributed by atoms with van der Waals surface area (Å²) in [6.45, 7) is 0. The van der Waals surface area contributed by atoms with Crippen LogP contribution >= 0.6 is 11.6 Å². The van der Waals surface area contributed by atoms with Gasteiger partial charge in [0.1, 0.15) is 34.6 Å². The molecule has 0 saturated carbocycles. The summed E-state index contributed by atoms with van der Waals surface area (Å²) in [4.78, 5) is 0. The number of benzene rings is 4. The normalized spacial score (nSPS) is 11.6. The minimum atomic E-state index is -4.67. The van der Waals surface area contributed by atoms with Gasteiger partial charge in [-0.05, 0) is 59.7 Å². The zero-order chi connectivity index (χ0) is 26.4. The molecule has 0 atom stereocenters. The van der Waals surface area contributed by atoms with Crippen LogP contribution in [-0.2, 0) is 6.11 Å². The van der Waals surface area contributed by atoms with Crippen LogP contribution in [0.15, 0.2) is 60.7 Å². The minimum absolute atomic E-state index is 0.221. The van der Waals surface area contributed by atoms with Crippen molar-refractivity contribution < 1.29 is 44.3 Å². The van der Waals surface area contributed by atoms with Crippen LogP contribution in [-0.4, -0.2) is 0 Å². The Bertz CT molecular complexity index is 1420. The van der Waals surface area contributed by atoms with Gasteiger partial charge in [0.25, 0.3) is 0 Å². The molecule has 11 heteroatoms. The van der Waals surface area contributed by atoms with Gasteiger partial charge in [-0.25, -0.2) is 30.7 Å². The molecule has 0 amide bonds. The zero-order valence-corrected chi connectivity index (χ0v) is 18.2. The van der Waals surface area contributed by atoms with Gasteiger partial charge in [0.15, 0.2) is 17.5 Å². The molecule has 1 nitrogen and oxygen atoms in total. The van der Waals surface area contributed by atoms with Crippen LogP contribution in [0.1, 0.15) is 5.56 Å². The largest absolute Gasteiger partial charge is 0.432 e. The Hall–Kier alpha value is -3.66. The van der Waals surface area contributed by atoms with E-state index >= 15 is 0 Å². The number of alkyl halides is 2. The summed E-state index contributed by atoms with van der Waals surface area (Å²) in [6.07, 6.45) is -4.67. The van der Waals surface area contributed by atoms with Crippen molar-refractivity contribution in [2.24, 2.45) is 0 Å². The van der Waals surface area contributed by atoms with Crippen LogP contribution < -0.4 is 4.74 Å². The molecule has 0 heterocycles. The second-order valence-electron chi connectivity index (χ2n) is 7.43. The molecule has 186 valence electrons. The Balaban J connectivity index is 1.67. The molecule has 0 aliphatic carbocycles. The zero-order valence-electron chi connectivity index (χ0n) is 17.5. The van der Waals surface area contributed by atoms with Gasteiger partial charge in [-0.3, -0.25) is 0 Å². The van der Waals surface area contributed by atoms with Crippen molar-refractivity contribution in [1.29, 1.82) is 0 Å². The van der Waals surface area contributed by atoms with Gasteiger partial charge in [0.05, 0.1) is 5.02 Å². The summed E-state index contributed by atoms with van der Waals surface area (Å²) in [5.41, 5.74) is -3.65. The first-order chi connectivity index (χ1) is 16.9. The molecule has 0 N–H and O–H groups in total. The van der Waals surface area contributed by atoms with Crippen molar-refractivity contribution in [3.8, 4) is 28.0 Å². The van der Waals surface area contributed by atoms with E-state index in [0.29, 0.717) is 30.3 Å². The lowest BCUT2D eigenvalue weighted by Crippen LogP contribution is -2.25. The van der Waals surface area contributed by atoms with Crippen molar-refractivity contribution in [3.63, 3.8) is 0 Å². The van der Waals surface area contributed by atoms with Crippen LogP contribution in [0.4, 0.5) is 39.5 Å². The Morgan fingerprint density at radius 3 is 1.75 bits per heavy atom.